The summed E-state index contributed by atoms with van der Waals surface area (Å²) in [6.07, 6.45) is 3.40. The summed E-state index contributed by atoms with van der Waals surface area (Å²) in [5.41, 5.74) is 0. The van der Waals surface area contributed by atoms with Gasteiger partial charge in [0.2, 0.25) is 13.3 Å². The molecule has 0 saturated carbocycles. The largest absolute Gasteiger partial charge is 0.311 e. The summed E-state index contributed by atoms with van der Waals surface area (Å²) in [6, 6.07) is 0. The van der Waals surface area contributed by atoms with Crippen molar-refractivity contribution in [2.75, 3.05) is 20.8 Å². The summed E-state index contributed by atoms with van der Waals surface area (Å²) in [5, 5.41) is 11.2. The highest BCUT2D eigenvalue weighted by Crippen LogP contribution is 2.08. The van der Waals surface area contributed by atoms with Crippen LogP contribution in [0.3, 0.4) is 0 Å². The normalized spacial score (nSPS) is 21.1. The Morgan fingerprint density at radius 1 is 1.00 bits per heavy atom. The van der Waals surface area contributed by atoms with E-state index in [1.807, 2.05) is 23.9 Å². The van der Waals surface area contributed by atoms with E-state index in [-0.39, 0.29) is 0 Å². The summed E-state index contributed by atoms with van der Waals surface area (Å²) < 4.78 is 0. The Hall–Kier alpha value is -1.46. The molecule has 0 spiro atoms. The molecule has 2 rings (SSSR count). The van der Waals surface area contributed by atoms with Crippen LogP contribution in [0.2, 0.25) is 0 Å². The van der Waals surface area contributed by atoms with Crippen molar-refractivity contribution in [2.24, 2.45) is 10.2 Å². The molecule has 68 valence electrons. The first-order valence-corrected chi connectivity index (χ1v) is 3.85. The molecule has 0 aromatic heterocycles. The molecule has 0 unspecified atom stereocenters. The quantitative estimate of drug-likeness (QED) is 0.561. The Kier molecular flexibility index (Phi) is 1.96. The van der Waals surface area contributed by atoms with Crippen molar-refractivity contribution in [1.29, 1.82) is 0 Å². The Morgan fingerprint density at radius 2 is 1.46 bits per heavy atom. The summed E-state index contributed by atoms with van der Waals surface area (Å²) in [5.74, 6) is 0. The maximum absolute atomic E-state index is 3.99. The van der Waals surface area contributed by atoms with Crippen LogP contribution in [-0.2, 0) is 0 Å². The number of nitrogens with zero attached hydrogens (tertiary/aromatic N) is 6. The Labute approximate surface area is 77.7 Å². The standard InChI is InChI=1S/C7H10N6/c1-10-5-12(3-8-10)7-13-4-9-11(2)6-13/h3-4H,7H2,1-2H3. The van der Waals surface area contributed by atoms with Gasteiger partial charge in [-0.2, -0.15) is 10.2 Å². The average Bonchev–Trinajstić information content (AvgIpc) is 2.62. The van der Waals surface area contributed by atoms with Crippen LogP contribution in [0.4, 0.5) is 0 Å². The van der Waals surface area contributed by atoms with Crippen molar-refractivity contribution in [3.8, 4) is 0 Å². The zero-order chi connectivity index (χ0) is 9.26. The second kappa shape index (κ2) is 3.12. The van der Waals surface area contributed by atoms with Gasteiger partial charge in [0, 0.05) is 14.1 Å². The predicted octanol–water partition coefficient (Wildman–Crippen LogP) is -0.682. The molecule has 0 fully saturated rings. The van der Waals surface area contributed by atoms with Crippen molar-refractivity contribution < 1.29 is 0 Å². The fourth-order valence-corrected chi connectivity index (χ4v) is 1.06. The van der Waals surface area contributed by atoms with Crippen LogP contribution >= 0.6 is 0 Å². The van der Waals surface area contributed by atoms with Crippen LogP contribution in [0, 0.1) is 13.3 Å². The van der Waals surface area contributed by atoms with Crippen LogP contribution < -0.4 is 0 Å². The van der Waals surface area contributed by atoms with Crippen molar-refractivity contribution in [2.45, 2.75) is 0 Å². The fraction of sp³-hybridized carbons (Fsp3) is 0.429. The van der Waals surface area contributed by atoms with Crippen molar-refractivity contribution in [1.82, 2.24) is 19.8 Å². The van der Waals surface area contributed by atoms with Crippen LogP contribution in [0.1, 0.15) is 0 Å². The molecule has 2 aliphatic rings. The number of hydrogen-bond donors (Lipinski definition) is 0. The van der Waals surface area contributed by atoms with E-state index in [4.69, 9.17) is 0 Å². The van der Waals surface area contributed by atoms with Gasteiger partial charge in [0.05, 0.1) is 6.67 Å². The molecular formula is C7H10N6. The predicted molar refractivity (Wildman–Crippen MR) is 47.5 cm³/mol. The van der Waals surface area contributed by atoms with Gasteiger partial charge in [-0.15, -0.1) is 0 Å². The second-order valence-electron chi connectivity index (χ2n) is 2.79. The third-order valence-corrected chi connectivity index (χ3v) is 1.58. The maximum Gasteiger partial charge on any atom is 0.228 e. The molecular weight excluding hydrogens is 168 g/mol. The van der Waals surface area contributed by atoms with Gasteiger partial charge in [-0.1, -0.05) is 0 Å². The van der Waals surface area contributed by atoms with E-state index < -0.39 is 0 Å². The Balaban J connectivity index is 1.80. The molecule has 4 radical (unpaired) electrons. The third-order valence-electron chi connectivity index (χ3n) is 1.58. The summed E-state index contributed by atoms with van der Waals surface area (Å²) in [4.78, 5) is 3.64. The highest BCUT2D eigenvalue weighted by molar-refractivity contribution is 5.61. The fourth-order valence-electron chi connectivity index (χ4n) is 1.06. The van der Waals surface area contributed by atoms with Crippen LogP contribution in [-0.4, -0.2) is 53.3 Å². The Bertz CT molecular complexity index is 213. The van der Waals surface area contributed by atoms with Crippen molar-refractivity contribution in [3.63, 3.8) is 0 Å². The van der Waals surface area contributed by atoms with E-state index in [0.717, 1.165) is 0 Å². The highest BCUT2D eigenvalue weighted by atomic mass is 15.6. The highest BCUT2D eigenvalue weighted by Gasteiger charge is 2.18. The minimum absolute atomic E-state index is 0.627. The van der Waals surface area contributed by atoms with E-state index in [1.54, 1.807) is 22.7 Å². The molecule has 0 saturated heterocycles. The molecule has 0 aliphatic carbocycles. The molecule has 2 heterocycles. The van der Waals surface area contributed by atoms with Crippen molar-refractivity contribution >= 4 is 12.7 Å². The minimum Gasteiger partial charge on any atom is -0.311 e. The average molecular weight is 178 g/mol. The lowest BCUT2D eigenvalue weighted by Crippen LogP contribution is -2.32. The molecule has 6 heteroatoms. The molecule has 0 amide bonds. The third kappa shape index (κ3) is 1.82. The first kappa shape index (κ1) is 8.15. The number of hydrazone groups is 2. The molecule has 6 nitrogen and oxygen atoms in total. The molecule has 0 aromatic carbocycles. The van der Waals surface area contributed by atoms with E-state index in [1.165, 1.54) is 0 Å². The first-order chi connectivity index (χ1) is 6.24. The van der Waals surface area contributed by atoms with Crippen LogP contribution in [0.5, 0.6) is 0 Å². The van der Waals surface area contributed by atoms with Gasteiger partial charge in [0.25, 0.3) is 0 Å². The lowest BCUT2D eigenvalue weighted by Gasteiger charge is -2.19. The zero-order valence-corrected chi connectivity index (χ0v) is 7.55. The number of hydrogen-bond acceptors (Lipinski definition) is 6. The molecule has 2 aliphatic heterocycles. The lowest BCUT2D eigenvalue weighted by molar-refractivity contribution is 0.272. The summed E-state index contributed by atoms with van der Waals surface area (Å²) in [7, 11) is 3.66. The summed E-state index contributed by atoms with van der Waals surface area (Å²) >= 11 is 0. The SMILES string of the molecule is CN1[C]N(CN2[C]N(C)N=C2)C=N1. The number of rotatable bonds is 2. The van der Waals surface area contributed by atoms with Gasteiger partial charge in [0.1, 0.15) is 12.7 Å². The molecule has 0 N–H and O–H groups in total. The first-order valence-electron chi connectivity index (χ1n) is 3.85. The molecule has 13 heavy (non-hydrogen) atoms. The van der Waals surface area contributed by atoms with Gasteiger partial charge in [-0.05, 0) is 0 Å². The van der Waals surface area contributed by atoms with Gasteiger partial charge in [-0.3, -0.25) is 10.0 Å². The van der Waals surface area contributed by atoms with E-state index in [9.17, 15) is 0 Å². The van der Waals surface area contributed by atoms with Crippen LogP contribution in [0.15, 0.2) is 10.2 Å². The van der Waals surface area contributed by atoms with Gasteiger partial charge >= 0.3 is 0 Å². The maximum atomic E-state index is 3.99. The smallest absolute Gasteiger partial charge is 0.228 e. The monoisotopic (exact) mass is 178 g/mol. The van der Waals surface area contributed by atoms with Gasteiger partial charge < -0.3 is 9.80 Å². The molecule has 0 bridgehead atoms. The van der Waals surface area contributed by atoms with E-state index in [2.05, 4.69) is 23.5 Å². The zero-order valence-electron chi connectivity index (χ0n) is 7.55. The van der Waals surface area contributed by atoms with Gasteiger partial charge in [0.15, 0.2) is 0 Å². The summed E-state index contributed by atoms with van der Waals surface area (Å²) in [6.45, 7) is 6.58. The lowest BCUT2D eigenvalue weighted by atomic mass is 10.7. The van der Waals surface area contributed by atoms with E-state index in [0.29, 0.717) is 6.67 Å². The second-order valence-corrected chi connectivity index (χ2v) is 2.79. The van der Waals surface area contributed by atoms with Gasteiger partial charge in [-0.25, -0.2) is 0 Å². The van der Waals surface area contributed by atoms with E-state index >= 15 is 0 Å². The molecule has 0 aromatic rings. The Morgan fingerprint density at radius 3 is 1.77 bits per heavy atom. The molecule has 0 atom stereocenters. The topological polar surface area (TPSA) is 37.7 Å². The minimum atomic E-state index is 0.627. The van der Waals surface area contributed by atoms with Crippen molar-refractivity contribution in [3.05, 3.63) is 13.3 Å². The van der Waals surface area contributed by atoms with Crippen LogP contribution in [0.25, 0.3) is 0 Å².